The van der Waals surface area contributed by atoms with Crippen molar-refractivity contribution in [1.82, 2.24) is 0 Å². The quantitative estimate of drug-likeness (QED) is 0.669. The van der Waals surface area contributed by atoms with Crippen molar-refractivity contribution in [1.29, 1.82) is 0 Å². The topological polar surface area (TPSA) is 17.1 Å². The lowest BCUT2D eigenvalue weighted by molar-refractivity contribution is 0.112. The van der Waals surface area contributed by atoms with Gasteiger partial charge in [0.2, 0.25) is 0 Å². The van der Waals surface area contributed by atoms with Crippen LogP contribution in [0.4, 0.5) is 0 Å². The van der Waals surface area contributed by atoms with Crippen LogP contribution < -0.4 is 0 Å². The Bertz CT molecular complexity index is 369. The lowest BCUT2D eigenvalue weighted by atomic mass is 9.77. The summed E-state index contributed by atoms with van der Waals surface area (Å²) in [5, 5.41) is 0. The third kappa shape index (κ3) is 1.33. The summed E-state index contributed by atoms with van der Waals surface area (Å²) in [7, 11) is 0. The van der Waals surface area contributed by atoms with Gasteiger partial charge in [0.15, 0.2) is 0 Å². The van der Waals surface area contributed by atoms with Crippen LogP contribution in [0.5, 0.6) is 0 Å². The molecule has 1 aromatic rings. The molecule has 2 aliphatic carbocycles. The molecule has 0 aromatic heterocycles. The van der Waals surface area contributed by atoms with E-state index in [1.807, 2.05) is 12.1 Å². The van der Waals surface area contributed by atoms with Gasteiger partial charge in [-0.05, 0) is 49.0 Å². The predicted molar refractivity (Wildman–Crippen MR) is 60.1 cm³/mol. The molecule has 0 spiro atoms. The zero-order chi connectivity index (χ0) is 10.3. The van der Waals surface area contributed by atoms with Crippen LogP contribution in [0.3, 0.4) is 0 Å². The lowest BCUT2D eigenvalue weighted by Gasteiger charge is -2.27. The van der Waals surface area contributed by atoms with E-state index >= 15 is 0 Å². The molecule has 0 N–H and O–H groups in total. The maximum atomic E-state index is 10.6. The van der Waals surface area contributed by atoms with E-state index < -0.39 is 0 Å². The second kappa shape index (κ2) is 3.19. The summed E-state index contributed by atoms with van der Waals surface area (Å²) >= 11 is 0. The standard InChI is InChI=1S/C14H16O/c15-10-12-1-3-13(4-2-12)14-7-5-11(9-14)6-8-14/h1-4,10-11H,5-9H2. The molecule has 0 heterocycles. The van der Waals surface area contributed by atoms with Crippen LogP contribution in [0, 0.1) is 5.92 Å². The first-order valence-electron chi connectivity index (χ1n) is 5.88. The highest BCUT2D eigenvalue weighted by molar-refractivity contribution is 5.74. The van der Waals surface area contributed by atoms with E-state index in [2.05, 4.69) is 12.1 Å². The fourth-order valence-corrected chi connectivity index (χ4v) is 3.51. The summed E-state index contributed by atoms with van der Waals surface area (Å²) < 4.78 is 0. The average molecular weight is 200 g/mol. The molecule has 3 rings (SSSR count). The minimum Gasteiger partial charge on any atom is -0.298 e. The summed E-state index contributed by atoms with van der Waals surface area (Å²) in [6.45, 7) is 0. The van der Waals surface area contributed by atoms with Gasteiger partial charge in [-0.3, -0.25) is 4.79 Å². The molecule has 0 saturated heterocycles. The first-order chi connectivity index (χ1) is 7.32. The second-order valence-corrected chi connectivity index (χ2v) is 5.17. The number of fused-ring (bicyclic) bond motifs is 2. The van der Waals surface area contributed by atoms with Crippen LogP contribution in [0.25, 0.3) is 0 Å². The molecule has 0 amide bonds. The van der Waals surface area contributed by atoms with E-state index in [0.29, 0.717) is 5.41 Å². The fraction of sp³-hybridized carbons (Fsp3) is 0.500. The molecular formula is C14H16O. The van der Waals surface area contributed by atoms with Crippen molar-refractivity contribution in [3.63, 3.8) is 0 Å². The smallest absolute Gasteiger partial charge is 0.150 e. The first kappa shape index (κ1) is 9.14. The van der Waals surface area contributed by atoms with Crippen molar-refractivity contribution in [3.05, 3.63) is 35.4 Å². The minimum absolute atomic E-state index is 0.478. The third-order valence-electron chi connectivity index (χ3n) is 4.40. The Balaban J connectivity index is 1.95. The first-order valence-corrected chi connectivity index (χ1v) is 5.88. The van der Waals surface area contributed by atoms with Gasteiger partial charge in [-0.1, -0.05) is 24.3 Å². The van der Waals surface area contributed by atoms with E-state index in [1.165, 1.54) is 37.7 Å². The van der Waals surface area contributed by atoms with Crippen LogP contribution in [-0.2, 0) is 5.41 Å². The molecule has 2 saturated carbocycles. The molecular weight excluding hydrogens is 184 g/mol. The maximum absolute atomic E-state index is 10.6. The van der Waals surface area contributed by atoms with Gasteiger partial charge >= 0.3 is 0 Å². The van der Waals surface area contributed by atoms with E-state index in [-0.39, 0.29) is 0 Å². The van der Waals surface area contributed by atoms with Gasteiger partial charge in [-0.2, -0.15) is 0 Å². The van der Waals surface area contributed by atoms with Crippen LogP contribution >= 0.6 is 0 Å². The fourth-order valence-electron chi connectivity index (χ4n) is 3.51. The van der Waals surface area contributed by atoms with Gasteiger partial charge < -0.3 is 0 Å². The van der Waals surface area contributed by atoms with Crippen LogP contribution in [-0.4, -0.2) is 6.29 Å². The van der Waals surface area contributed by atoms with Gasteiger partial charge in [0.05, 0.1) is 0 Å². The van der Waals surface area contributed by atoms with Crippen molar-refractivity contribution >= 4 is 6.29 Å². The molecule has 0 radical (unpaired) electrons. The summed E-state index contributed by atoms with van der Waals surface area (Å²) in [5.41, 5.74) is 2.74. The Morgan fingerprint density at radius 3 is 2.27 bits per heavy atom. The SMILES string of the molecule is O=Cc1ccc(C23CCC(CC2)C3)cc1. The van der Waals surface area contributed by atoms with E-state index in [4.69, 9.17) is 0 Å². The number of hydrogen-bond donors (Lipinski definition) is 0. The van der Waals surface area contributed by atoms with Gasteiger partial charge in [0.25, 0.3) is 0 Å². The van der Waals surface area contributed by atoms with Crippen LogP contribution in [0.15, 0.2) is 24.3 Å². The normalized spacial score (nSPS) is 33.2. The summed E-state index contributed by atoms with van der Waals surface area (Å²) in [5.74, 6) is 0.982. The molecule has 15 heavy (non-hydrogen) atoms. The summed E-state index contributed by atoms with van der Waals surface area (Å²) in [4.78, 5) is 10.6. The van der Waals surface area contributed by atoms with Crippen molar-refractivity contribution in [3.8, 4) is 0 Å². The van der Waals surface area contributed by atoms with E-state index in [1.54, 1.807) is 0 Å². The van der Waals surface area contributed by atoms with Crippen molar-refractivity contribution in [2.45, 2.75) is 37.5 Å². The van der Waals surface area contributed by atoms with E-state index in [9.17, 15) is 4.79 Å². The number of carbonyl (C=O) groups excluding carboxylic acids is 1. The maximum Gasteiger partial charge on any atom is 0.150 e. The van der Waals surface area contributed by atoms with Gasteiger partial charge in [0.1, 0.15) is 6.29 Å². The highest BCUT2D eigenvalue weighted by Crippen LogP contribution is 2.55. The highest BCUT2D eigenvalue weighted by atomic mass is 16.1. The Morgan fingerprint density at radius 2 is 1.80 bits per heavy atom. The van der Waals surface area contributed by atoms with Crippen LogP contribution in [0.2, 0.25) is 0 Å². The van der Waals surface area contributed by atoms with E-state index in [0.717, 1.165) is 17.8 Å². The second-order valence-electron chi connectivity index (χ2n) is 5.17. The number of rotatable bonds is 2. The Hall–Kier alpha value is -1.11. The summed E-state index contributed by atoms with van der Waals surface area (Å²) in [6.07, 6.45) is 7.85. The Morgan fingerprint density at radius 1 is 1.13 bits per heavy atom. The van der Waals surface area contributed by atoms with Crippen molar-refractivity contribution in [2.24, 2.45) is 5.92 Å². The van der Waals surface area contributed by atoms with Crippen LogP contribution in [0.1, 0.15) is 48.0 Å². The van der Waals surface area contributed by atoms with Gasteiger partial charge in [-0.25, -0.2) is 0 Å². The minimum atomic E-state index is 0.478. The Labute approximate surface area is 90.5 Å². The molecule has 2 fully saturated rings. The number of hydrogen-bond acceptors (Lipinski definition) is 1. The largest absolute Gasteiger partial charge is 0.298 e. The molecule has 0 aliphatic heterocycles. The van der Waals surface area contributed by atoms with Gasteiger partial charge in [0, 0.05) is 5.56 Å². The molecule has 2 aliphatic rings. The molecule has 1 nitrogen and oxygen atoms in total. The predicted octanol–water partition coefficient (Wildman–Crippen LogP) is 3.33. The monoisotopic (exact) mass is 200 g/mol. The lowest BCUT2D eigenvalue weighted by Crippen LogP contribution is -2.19. The molecule has 78 valence electrons. The number of aldehydes is 1. The molecule has 0 atom stereocenters. The zero-order valence-electron chi connectivity index (χ0n) is 8.91. The molecule has 1 aromatic carbocycles. The number of benzene rings is 1. The molecule has 2 bridgehead atoms. The third-order valence-corrected chi connectivity index (χ3v) is 4.40. The average Bonchev–Trinajstić information content (AvgIpc) is 2.90. The van der Waals surface area contributed by atoms with Crippen molar-refractivity contribution < 1.29 is 4.79 Å². The van der Waals surface area contributed by atoms with Gasteiger partial charge in [-0.15, -0.1) is 0 Å². The van der Waals surface area contributed by atoms with Crippen molar-refractivity contribution in [2.75, 3.05) is 0 Å². The zero-order valence-corrected chi connectivity index (χ0v) is 8.91. The molecule has 0 unspecified atom stereocenters. The Kier molecular flexibility index (Phi) is 1.95. The summed E-state index contributed by atoms with van der Waals surface area (Å²) in [6, 6.07) is 8.25. The number of carbonyl (C=O) groups is 1. The highest BCUT2D eigenvalue weighted by Gasteiger charge is 2.45. The molecule has 1 heteroatoms.